The quantitative estimate of drug-likeness (QED) is 0.811. The van der Waals surface area contributed by atoms with Gasteiger partial charge in [-0.05, 0) is 41.8 Å². The van der Waals surface area contributed by atoms with Crippen LogP contribution in [0.3, 0.4) is 0 Å². The van der Waals surface area contributed by atoms with E-state index in [1.54, 1.807) is 6.20 Å². The summed E-state index contributed by atoms with van der Waals surface area (Å²) in [5, 5.41) is 6.64. The van der Waals surface area contributed by atoms with Crippen LogP contribution in [0.15, 0.2) is 30.5 Å². The first-order chi connectivity index (χ1) is 8.34. The van der Waals surface area contributed by atoms with Gasteiger partial charge in [0.05, 0.1) is 0 Å². The largest absolute Gasteiger partial charge is 0.383 e. The predicted octanol–water partition coefficient (Wildman–Crippen LogP) is 2.30. The molecule has 0 aliphatic carbocycles. The number of aromatic nitrogens is 1. The Morgan fingerprint density at radius 3 is 2.76 bits per heavy atom. The highest BCUT2D eigenvalue weighted by Gasteiger charge is 2.16. The number of nitrogen functional groups attached to an aromatic ring is 1. The molecule has 0 unspecified atom stereocenters. The van der Waals surface area contributed by atoms with Crippen LogP contribution in [0, 0.1) is 0 Å². The third-order valence-electron chi connectivity index (χ3n) is 3.56. The topological polar surface area (TPSA) is 53.0 Å². The smallest absolute Gasteiger partial charge is 0.131 e. The normalized spacial score (nSPS) is 17.4. The molecule has 0 spiro atoms. The SMILES string of the molecule is Nc1nccc2ccc(C3CC[N]CC3)cc12. The van der Waals surface area contributed by atoms with Crippen LogP contribution < -0.4 is 11.1 Å². The van der Waals surface area contributed by atoms with Crippen LogP contribution in [-0.2, 0) is 0 Å². The molecule has 0 atom stereocenters. The summed E-state index contributed by atoms with van der Waals surface area (Å²) < 4.78 is 0. The molecule has 2 heterocycles. The van der Waals surface area contributed by atoms with Gasteiger partial charge in [-0.25, -0.2) is 10.3 Å². The van der Waals surface area contributed by atoms with E-state index in [2.05, 4.69) is 28.5 Å². The van der Waals surface area contributed by atoms with Gasteiger partial charge in [-0.3, -0.25) is 0 Å². The molecule has 1 fully saturated rings. The standard InChI is InChI=1S/C14H16N3/c15-14-13-9-12(10-3-6-16-7-4-10)2-1-11(13)5-8-17-14/h1-2,5,8-10H,3-4,6-7H2,(H2,15,17). The number of fused-ring (bicyclic) bond motifs is 1. The second-order valence-corrected chi connectivity index (χ2v) is 4.62. The van der Waals surface area contributed by atoms with Gasteiger partial charge in [0.1, 0.15) is 5.82 Å². The molecule has 1 aromatic heterocycles. The Labute approximate surface area is 101 Å². The Morgan fingerprint density at radius 1 is 1.12 bits per heavy atom. The van der Waals surface area contributed by atoms with Gasteiger partial charge in [-0.2, -0.15) is 0 Å². The number of hydrogen-bond donors (Lipinski definition) is 1. The lowest BCUT2D eigenvalue weighted by molar-refractivity contribution is 0.454. The number of rotatable bonds is 1. The van der Waals surface area contributed by atoms with Crippen LogP contribution >= 0.6 is 0 Å². The molecule has 87 valence electrons. The van der Waals surface area contributed by atoms with Crippen molar-refractivity contribution in [3.63, 3.8) is 0 Å². The van der Waals surface area contributed by atoms with Crippen LogP contribution in [0.25, 0.3) is 10.8 Å². The minimum atomic E-state index is 0.629. The van der Waals surface area contributed by atoms with Crippen LogP contribution in [-0.4, -0.2) is 18.1 Å². The molecule has 3 heteroatoms. The average Bonchev–Trinajstić information content (AvgIpc) is 2.40. The summed E-state index contributed by atoms with van der Waals surface area (Å²) in [5.74, 6) is 1.27. The van der Waals surface area contributed by atoms with Crippen molar-refractivity contribution in [2.24, 2.45) is 0 Å². The van der Waals surface area contributed by atoms with Gasteiger partial charge in [-0.1, -0.05) is 12.1 Å². The highest BCUT2D eigenvalue weighted by molar-refractivity contribution is 5.91. The van der Waals surface area contributed by atoms with E-state index in [0.717, 1.165) is 31.3 Å². The zero-order chi connectivity index (χ0) is 11.7. The van der Waals surface area contributed by atoms with E-state index in [1.807, 2.05) is 6.07 Å². The van der Waals surface area contributed by atoms with Crippen LogP contribution in [0.5, 0.6) is 0 Å². The molecular weight excluding hydrogens is 210 g/mol. The monoisotopic (exact) mass is 226 g/mol. The lowest BCUT2D eigenvalue weighted by Crippen LogP contribution is -2.20. The van der Waals surface area contributed by atoms with Crippen molar-refractivity contribution >= 4 is 16.6 Å². The molecule has 0 bridgehead atoms. The second kappa shape index (κ2) is 4.34. The molecule has 1 saturated heterocycles. The van der Waals surface area contributed by atoms with Crippen molar-refractivity contribution in [3.8, 4) is 0 Å². The molecule has 1 aliphatic heterocycles. The number of pyridine rings is 1. The van der Waals surface area contributed by atoms with Crippen molar-refractivity contribution in [2.75, 3.05) is 18.8 Å². The number of benzene rings is 1. The van der Waals surface area contributed by atoms with E-state index in [-0.39, 0.29) is 0 Å². The summed E-state index contributed by atoms with van der Waals surface area (Å²) in [7, 11) is 0. The van der Waals surface area contributed by atoms with Crippen LogP contribution in [0.2, 0.25) is 0 Å². The average molecular weight is 226 g/mol. The Bertz CT molecular complexity index is 530. The van der Waals surface area contributed by atoms with Gasteiger partial charge in [-0.15, -0.1) is 0 Å². The van der Waals surface area contributed by atoms with Gasteiger partial charge in [0.15, 0.2) is 0 Å². The van der Waals surface area contributed by atoms with E-state index < -0.39 is 0 Å². The van der Waals surface area contributed by atoms with Gasteiger partial charge in [0, 0.05) is 24.7 Å². The van der Waals surface area contributed by atoms with Gasteiger partial charge < -0.3 is 5.73 Å². The number of anilines is 1. The fourth-order valence-electron chi connectivity index (χ4n) is 2.55. The van der Waals surface area contributed by atoms with E-state index in [9.17, 15) is 0 Å². The third kappa shape index (κ3) is 1.98. The van der Waals surface area contributed by atoms with Crippen molar-refractivity contribution in [1.29, 1.82) is 0 Å². The van der Waals surface area contributed by atoms with Crippen molar-refractivity contribution in [3.05, 3.63) is 36.0 Å². The molecule has 1 aromatic carbocycles. The number of nitrogens with zero attached hydrogens (tertiary/aromatic N) is 2. The zero-order valence-corrected chi connectivity index (χ0v) is 9.76. The second-order valence-electron chi connectivity index (χ2n) is 4.62. The molecule has 2 aromatic rings. The highest BCUT2D eigenvalue weighted by atomic mass is 14.9. The molecule has 3 nitrogen and oxygen atoms in total. The first kappa shape index (κ1) is 10.5. The zero-order valence-electron chi connectivity index (χ0n) is 9.76. The van der Waals surface area contributed by atoms with Crippen molar-refractivity contribution in [1.82, 2.24) is 10.3 Å². The maximum absolute atomic E-state index is 5.93. The fourth-order valence-corrected chi connectivity index (χ4v) is 2.55. The van der Waals surface area contributed by atoms with Gasteiger partial charge in [0.25, 0.3) is 0 Å². The Kier molecular flexibility index (Phi) is 2.69. The summed E-state index contributed by atoms with van der Waals surface area (Å²) in [6.45, 7) is 1.98. The maximum atomic E-state index is 5.93. The minimum Gasteiger partial charge on any atom is -0.383 e. The third-order valence-corrected chi connectivity index (χ3v) is 3.56. The molecule has 1 aliphatic rings. The predicted molar refractivity (Wildman–Crippen MR) is 70.0 cm³/mol. The molecule has 0 saturated carbocycles. The number of nitrogens with two attached hydrogens (primary N) is 1. The Hall–Kier alpha value is -1.61. The summed E-state index contributed by atoms with van der Waals surface area (Å²) >= 11 is 0. The van der Waals surface area contributed by atoms with E-state index >= 15 is 0 Å². The Morgan fingerprint density at radius 2 is 1.94 bits per heavy atom. The summed E-state index contributed by atoms with van der Waals surface area (Å²) in [4.78, 5) is 4.15. The van der Waals surface area contributed by atoms with E-state index in [4.69, 9.17) is 5.73 Å². The first-order valence-corrected chi connectivity index (χ1v) is 6.12. The van der Waals surface area contributed by atoms with Crippen molar-refractivity contribution < 1.29 is 0 Å². The summed E-state index contributed by atoms with van der Waals surface area (Å²) in [6.07, 6.45) is 4.08. The van der Waals surface area contributed by atoms with Crippen LogP contribution in [0.1, 0.15) is 24.3 Å². The minimum absolute atomic E-state index is 0.629. The molecular formula is C14H16N3. The lowest BCUT2D eigenvalue weighted by Gasteiger charge is -2.22. The van der Waals surface area contributed by atoms with E-state index in [1.165, 1.54) is 10.9 Å². The molecule has 17 heavy (non-hydrogen) atoms. The maximum Gasteiger partial charge on any atom is 0.131 e. The van der Waals surface area contributed by atoms with Crippen molar-refractivity contribution in [2.45, 2.75) is 18.8 Å². The molecule has 1 radical (unpaired) electrons. The summed E-state index contributed by atoms with van der Waals surface area (Å²) in [5.41, 5.74) is 7.31. The van der Waals surface area contributed by atoms with Gasteiger partial charge >= 0.3 is 0 Å². The van der Waals surface area contributed by atoms with Gasteiger partial charge in [0.2, 0.25) is 0 Å². The number of piperidine rings is 1. The fraction of sp³-hybridized carbons (Fsp3) is 0.357. The molecule has 2 N–H and O–H groups in total. The van der Waals surface area contributed by atoms with Crippen LogP contribution in [0.4, 0.5) is 5.82 Å². The Balaban J connectivity index is 2.03. The highest BCUT2D eigenvalue weighted by Crippen LogP contribution is 2.29. The lowest BCUT2D eigenvalue weighted by atomic mass is 9.89. The number of hydrogen-bond acceptors (Lipinski definition) is 2. The molecule has 3 rings (SSSR count). The van der Waals surface area contributed by atoms with E-state index in [0.29, 0.717) is 11.7 Å². The first-order valence-electron chi connectivity index (χ1n) is 6.12. The summed E-state index contributed by atoms with van der Waals surface area (Å²) in [6, 6.07) is 8.57. The molecule has 0 amide bonds.